The van der Waals surface area contributed by atoms with Gasteiger partial charge in [-0.2, -0.15) is 10.4 Å². The van der Waals surface area contributed by atoms with Crippen LogP contribution >= 0.6 is 0 Å². The SMILES string of the molecule is Cn1cc(NS(=O)(=O)c2ccccc2C#N)cn1. The molecular formula is C11H10N4O2S. The highest BCUT2D eigenvalue weighted by Gasteiger charge is 2.18. The zero-order valence-electron chi connectivity index (χ0n) is 9.53. The lowest BCUT2D eigenvalue weighted by molar-refractivity contribution is 0.601. The third kappa shape index (κ3) is 2.33. The Labute approximate surface area is 105 Å². The van der Waals surface area contributed by atoms with Gasteiger partial charge in [-0.3, -0.25) is 9.40 Å². The molecule has 1 aromatic carbocycles. The molecule has 0 bridgehead atoms. The maximum Gasteiger partial charge on any atom is 0.263 e. The Bertz CT molecular complexity index is 713. The molecule has 1 heterocycles. The molecule has 0 fully saturated rings. The van der Waals surface area contributed by atoms with Crippen LogP contribution < -0.4 is 4.72 Å². The molecule has 18 heavy (non-hydrogen) atoms. The van der Waals surface area contributed by atoms with E-state index in [9.17, 15) is 8.42 Å². The minimum atomic E-state index is -3.77. The summed E-state index contributed by atoms with van der Waals surface area (Å²) in [4.78, 5) is -0.0450. The fourth-order valence-corrected chi connectivity index (χ4v) is 2.66. The Balaban J connectivity index is 2.40. The average Bonchev–Trinajstić information content (AvgIpc) is 2.74. The highest BCUT2D eigenvalue weighted by atomic mass is 32.2. The molecule has 0 amide bonds. The van der Waals surface area contributed by atoms with Crippen molar-refractivity contribution in [2.45, 2.75) is 4.90 Å². The number of nitrogens with one attached hydrogen (secondary N) is 1. The molecule has 0 aliphatic rings. The average molecular weight is 262 g/mol. The summed E-state index contributed by atoms with van der Waals surface area (Å²) in [5.41, 5.74) is 0.458. The van der Waals surface area contributed by atoms with E-state index in [0.717, 1.165) is 0 Å². The van der Waals surface area contributed by atoms with Gasteiger partial charge in [-0.15, -0.1) is 0 Å². The Morgan fingerprint density at radius 3 is 2.72 bits per heavy atom. The van der Waals surface area contributed by atoms with E-state index >= 15 is 0 Å². The summed E-state index contributed by atoms with van der Waals surface area (Å²) < 4.78 is 28.0. The van der Waals surface area contributed by atoms with E-state index in [4.69, 9.17) is 5.26 Å². The van der Waals surface area contributed by atoms with Gasteiger partial charge in [0.15, 0.2) is 0 Å². The summed E-state index contributed by atoms with van der Waals surface area (Å²) in [6, 6.07) is 7.88. The van der Waals surface area contributed by atoms with Gasteiger partial charge >= 0.3 is 0 Å². The normalized spacial score (nSPS) is 10.9. The van der Waals surface area contributed by atoms with Gasteiger partial charge in [0.05, 0.1) is 17.4 Å². The van der Waals surface area contributed by atoms with Gasteiger partial charge in [0.1, 0.15) is 11.0 Å². The van der Waals surface area contributed by atoms with E-state index in [1.54, 1.807) is 19.2 Å². The van der Waals surface area contributed by atoms with Crippen molar-refractivity contribution in [2.24, 2.45) is 7.05 Å². The Morgan fingerprint density at radius 2 is 2.11 bits per heavy atom. The molecule has 0 aliphatic heterocycles. The lowest BCUT2D eigenvalue weighted by atomic mass is 10.2. The molecule has 6 nitrogen and oxygen atoms in total. The first-order chi connectivity index (χ1) is 8.53. The maximum absolute atomic E-state index is 12.1. The van der Waals surface area contributed by atoms with Crippen LogP contribution in [0.2, 0.25) is 0 Å². The first-order valence-electron chi connectivity index (χ1n) is 5.03. The lowest BCUT2D eigenvalue weighted by Gasteiger charge is -2.06. The van der Waals surface area contributed by atoms with Crippen LogP contribution in [0.4, 0.5) is 5.69 Å². The van der Waals surface area contributed by atoms with Crippen molar-refractivity contribution in [1.82, 2.24) is 9.78 Å². The predicted molar refractivity (Wildman–Crippen MR) is 65.2 cm³/mol. The summed E-state index contributed by atoms with van der Waals surface area (Å²) in [6.07, 6.45) is 2.93. The van der Waals surface area contributed by atoms with Crippen molar-refractivity contribution >= 4 is 15.7 Å². The first-order valence-corrected chi connectivity index (χ1v) is 6.52. The second-order valence-electron chi connectivity index (χ2n) is 3.62. The van der Waals surface area contributed by atoms with Gasteiger partial charge in [0, 0.05) is 13.2 Å². The van der Waals surface area contributed by atoms with Crippen LogP contribution in [-0.2, 0) is 17.1 Å². The van der Waals surface area contributed by atoms with E-state index in [1.807, 2.05) is 6.07 Å². The Morgan fingerprint density at radius 1 is 1.39 bits per heavy atom. The standard InChI is InChI=1S/C11H10N4O2S/c1-15-8-10(7-13-15)14-18(16,17)11-5-3-2-4-9(11)6-12/h2-5,7-8,14H,1H3. The second-order valence-corrected chi connectivity index (χ2v) is 5.27. The zero-order valence-corrected chi connectivity index (χ0v) is 10.3. The molecule has 0 spiro atoms. The number of hydrogen-bond acceptors (Lipinski definition) is 4. The van der Waals surface area contributed by atoms with Crippen LogP contribution in [0.1, 0.15) is 5.56 Å². The smallest absolute Gasteiger partial charge is 0.263 e. The number of benzene rings is 1. The van der Waals surface area contributed by atoms with Crippen LogP contribution in [0.25, 0.3) is 0 Å². The maximum atomic E-state index is 12.1. The molecule has 0 unspecified atom stereocenters. The van der Waals surface area contributed by atoms with Gasteiger partial charge in [-0.05, 0) is 12.1 Å². The Hall–Kier alpha value is -2.33. The van der Waals surface area contributed by atoms with E-state index in [0.29, 0.717) is 5.69 Å². The molecule has 0 aliphatic carbocycles. The minimum Gasteiger partial charge on any atom is -0.276 e. The van der Waals surface area contributed by atoms with Crippen molar-refractivity contribution in [3.8, 4) is 6.07 Å². The summed E-state index contributed by atoms with van der Waals surface area (Å²) in [5, 5.41) is 12.8. The molecule has 0 atom stereocenters. The molecule has 0 saturated carbocycles. The number of rotatable bonds is 3. The summed E-state index contributed by atoms with van der Waals surface area (Å²) in [5.74, 6) is 0. The minimum absolute atomic E-state index is 0.0450. The molecule has 2 rings (SSSR count). The molecule has 7 heteroatoms. The lowest BCUT2D eigenvalue weighted by Crippen LogP contribution is -2.13. The first kappa shape index (κ1) is 12.1. The van der Waals surface area contributed by atoms with Gasteiger partial charge in [-0.25, -0.2) is 8.42 Å². The van der Waals surface area contributed by atoms with Crippen molar-refractivity contribution in [3.63, 3.8) is 0 Å². The van der Waals surface area contributed by atoms with Crippen molar-refractivity contribution in [2.75, 3.05) is 4.72 Å². The number of nitriles is 1. The molecule has 1 aromatic heterocycles. The molecular weight excluding hydrogens is 252 g/mol. The van der Waals surface area contributed by atoms with E-state index < -0.39 is 10.0 Å². The third-order valence-corrected chi connectivity index (χ3v) is 3.69. The highest BCUT2D eigenvalue weighted by Crippen LogP contribution is 2.18. The number of aromatic nitrogens is 2. The molecule has 2 aromatic rings. The zero-order chi connectivity index (χ0) is 13.2. The van der Waals surface area contributed by atoms with Crippen LogP contribution in [0.15, 0.2) is 41.6 Å². The number of hydrogen-bond donors (Lipinski definition) is 1. The summed E-state index contributed by atoms with van der Waals surface area (Å²) in [6.45, 7) is 0. The van der Waals surface area contributed by atoms with Crippen molar-refractivity contribution in [3.05, 3.63) is 42.2 Å². The largest absolute Gasteiger partial charge is 0.276 e. The number of anilines is 1. The third-order valence-electron chi connectivity index (χ3n) is 2.25. The number of aryl methyl sites for hydroxylation is 1. The highest BCUT2D eigenvalue weighted by molar-refractivity contribution is 7.92. The fraction of sp³-hybridized carbons (Fsp3) is 0.0909. The van der Waals surface area contributed by atoms with Gasteiger partial charge in [0.25, 0.3) is 10.0 Å². The van der Waals surface area contributed by atoms with Crippen LogP contribution in [0.3, 0.4) is 0 Å². The topological polar surface area (TPSA) is 87.8 Å². The Kier molecular flexibility index (Phi) is 3.04. The second kappa shape index (κ2) is 4.50. The van der Waals surface area contributed by atoms with Crippen molar-refractivity contribution < 1.29 is 8.42 Å². The van der Waals surface area contributed by atoms with Crippen LogP contribution in [0.5, 0.6) is 0 Å². The van der Waals surface area contributed by atoms with Crippen molar-refractivity contribution in [1.29, 1.82) is 5.26 Å². The van der Waals surface area contributed by atoms with Gasteiger partial charge in [-0.1, -0.05) is 12.1 Å². The van der Waals surface area contributed by atoms with Crippen LogP contribution in [0, 0.1) is 11.3 Å². The van der Waals surface area contributed by atoms with E-state index in [2.05, 4.69) is 9.82 Å². The molecule has 0 radical (unpaired) electrons. The van der Waals surface area contributed by atoms with Crippen LogP contribution in [-0.4, -0.2) is 18.2 Å². The summed E-state index contributed by atoms with van der Waals surface area (Å²) in [7, 11) is -2.09. The number of nitrogens with zero attached hydrogens (tertiary/aromatic N) is 3. The molecule has 92 valence electrons. The fourth-order valence-electron chi connectivity index (χ4n) is 1.48. The summed E-state index contributed by atoms with van der Waals surface area (Å²) >= 11 is 0. The predicted octanol–water partition coefficient (Wildman–Crippen LogP) is 1.09. The molecule has 1 N–H and O–H groups in total. The van der Waals surface area contributed by atoms with E-state index in [-0.39, 0.29) is 10.5 Å². The monoisotopic (exact) mass is 262 g/mol. The van der Waals surface area contributed by atoms with E-state index in [1.165, 1.54) is 29.2 Å². The molecule has 0 saturated heterocycles. The van der Waals surface area contributed by atoms with Gasteiger partial charge in [0.2, 0.25) is 0 Å². The quantitative estimate of drug-likeness (QED) is 0.896. The number of sulfonamides is 1. The van der Waals surface area contributed by atoms with Gasteiger partial charge < -0.3 is 0 Å².